The summed E-state index contributed by atoms with van der Waals surface area (Å²) >= 11 is 10.8. The van der Waals surface area contributed by atoms with Gasteiger partial charge in [-0.15, -0.1) is 0 Å². The maximum Gasteiger partial charge on any atom is 0.237 e. The van der Waals surface area contributed by atoms with Gasteiger partial charge in [0.1, 0.15) is 0 Å². The molecule has 0 fully saturated rings. The van der Waals surface area contributed by atoms with Crippen LogP contribution in [0.3, 0.4) is 0 Å². The van der Waals surface area contributed by atoms with Gasteiger partial charge in [0, 0.05) is 10.7 Å². The third kappa shape index (κ3) is 3.00. The molecule has 1 amide bonds. The van der Waals surface area contributed by atoms with E-state index >= 15 is 0 Å². The molecular weight excluding hydrogens is 268 g/mol. The standard InChI is InChI=1S/C13H17ClN2OS/c1-3-13(4-2,11(15)18)12(17)16-10-7-5-9(14)6-8-10/h5-8H,3-4H2,1-2H3,(H2,15,18)(H,16,17). The Morgan fingerprint density at radius 3 is 2.22 bits per heavy atom. The highest BCUT2D eigenvalue weighted by Gasteiger charge is 2.38. The topological polar surface area (TPSA) is 55.1 Å². The van der Waals surface area contributed by atoms with Gasteiger partial charge in [-0.2, -0.15) is 0 Å². The molecule has 0 radical (unpaired) electrons. The summed E-state index contributed by atoms with van der Waals surface area (Å²) < 4.78 is 0. The number of anilines is 1. The molecule has 0 unspecified atom stereocenters. The third-order valence-electron chi connectivity index (χ3n) is 3.22. The van der Waals surface area contributed by atoms with E-state index in [1.807, 2.05) is 13.8 Å². The van der Waals surface area contributed by atoms with Gasteiger partial charge in [-0.3, -0.25) is 4.79 Å². The number of carbonyl (C=O) groups excluding carboxylic acids is 1. The van der Waals surface area contributed by atoms with Crippen molar-refractivity contribution >= 4 is 40.4 Å². The quantitative estimate of drug-likeness (QED) is 0.815. The zero-order valence-corrected chi connectivity index (χ0v) is 12.1. The zero-order valence-electron chi connectivity index (χ0n) is 10.5. The number of nitrogens with one attached hydrogen (secondary N) is 1. The van der Waals surface area contributed by atoms with Crippen molar-refractivity contribution in [1.82, 2.24) is 0 Å². The summed E-state index contributed by atoms with van der Waals surface area (Å²) in [6.07, 6.45) is 1.16. The molecule has 1 rings (SSSR count). The third-order valence-corrected chi connectivity index (χ3v) is 3.86. The molecule has 98 valence electrons. The van der Waals surface area contributed by atoms with Crippen LogP contribution < -0.4 is 11.1 Å². The Hall–Kier alpha value is -1.13. The number of carbonyl (C=O) groups is 1. The molecule has 0 aliphatic carbocycles. The van der Waals surface area contributed by atoms with Gasteiger partial charge in [0.25, 0.3) is 0 Å². The Kier molecular flexibility index (Phi) is 5.11. The van der Waals surface area contributed by atoms with Crippen LogP contribution in [0.2, 0.25) is 5.02 Å². The maximum atomic E-state index is 12.3. The molecular formula is C13H17ClN2OS. The van der Waals surface area contributed by atoms with E-state index < -0.39 is 5.41 Å². The Bertz CT molecular complexity index is 441. The van der Waals surface area contributed by atoms with E-state index in [4.69, 9.17) is 29.6 Å². The lowest BCUT2D eigenvalue weighted by molar-refractivity contribution is -0.122. The predicted molar refractivity (Wildman–Crippen MR) is 79.9 cm³/mol. The summed E-state index contributed by atoms with van der Waals surface area (Å²) in [6.45, 7) is 3.81. The van der Waals surface area contributed by atoms with Crippen LogP contribution in [0.25, 0.3) is 0 Å². The summed E-state index contributed by atoms with van der Waals surface area (Å²) in [5, 5.41) is 3.45. The molecule has 5 heteroatoms. The van der Waals surface area contributed by atoms with E-state index in [9.17, 15) is 4.79 Å². The van der Waals surface area contributed by atoms with Crippen molar-refractivity contribution in [3.63, 3.8) is 0 Å². The second-order valence-corrected chi connectivity index (χ2v) is 4.99. The highest BCUT2D eigenvalue weighted by atomic mass is 35.5. The first-order valence-corrected chi connectivity index (χ1v) is 6.61. The van der Waals surface area contributed by atoms with Crippen molar-refractivity contribution in [2.75, 3.05) is 5.32 Å². The van der Waals surface area contributed by atoms with Crippen molar-refractivity contribution in [2.45, 2.75) is 26.7 Å². The number of halogens is 1. The molecule has 1 aromatic rings. The van der Waals surface area contributed by atoms with Crippen LogP contribution in [-0.2, 0) is 4.79 Å². The van der Waals surface area contributed by atoms with Crippen LogP contribution in [-0.4, -0.2) is 10.9 Å². The first-order chi connectivity index (χ1) is 8.46. The summed E-state index contributed by atoms with van der Waals surface area (Å²) in [5.41, 5.74) is 5.63. The minimum Gasteiger partial charge on any atom is -0.392 e. The highest BCUT2D eigenvalue weighted by Crippen LogP contribution is 2.29. The Balaban J connectivity index is 2.92. The molecule has 0 heterocycles. The van der Waals surface area contributed by atoms with Crippen LogP contribution in [0.4, 0.5) is 5.69 Å². The number of amides is 1. The Morgan fingerprint density at radius 2 is 1.83 bits per heavy atom. The predicted octanol–water partition coefficient (Wildman–Crippen LogP) is 3.37. The fourth-order valence-electron chi connectivity index (χ4n) is 1.82. The highest BCUT2D eigenvalue weighted by molar-refractivity contribution is 7.80. The molecule has 3 nitrogen and oxygen atoms in total. The number of nitrogens with two attached hydrogens (primary N) is 1. The summed E-state index contributed by atoms with van der Waals surface area (Å²) in [7, 11) is 0. The molecule has 0 aliphatic rings. The molecule has 0 spiro atoms. The Morgan fingerprint density at radius 1 is 1.33 bits per heavy atom. The van der Waals surface area contributed by atoms with Crippen molar-refractivity contribution in [2.24, 2.45) is 11.1 Å². The molecule has 0 bridgehead atoms. The molecule has 0 aromatic heterocycles. The van der Waals surface area contributed by atoms with Gasteiger partial charge in [-0.25, -0.2) is 0 Å². The molecule has 18 heavy (non-hydrogen) atoms. The monoisotopic (exact) mass is 284 g/mol. The lowest BCUT2D eigenvalue weighted by atomic mass is 9.81. The smallest absolute Gasteiger partial charge is 0.237 e. The zero-order chi connectivity index (χ0) is 13.8. The van der Waals surface area contributed by atoms with Gasteiger partial charge < -0.3 is 11.1 Å². The normalized spacial score (nSPS) is 11.1. The number of benzene rings is 1. The van der Waals surface area contributed by atoms with Crippen LogP contribution in [0.1, 0.15) is 26.7 Å². The van der Waals surface area contributed by atoms with E-state index in [-0.39, 0.29) is 10.9 Å². The largest absolute Gasteiger partial charge is 0.392 e. The number of hydrogen-bond acceptors (Lipinski definition) is 2. The van der Waals surface area contributed by atoms with E-state index in [0.717, 1.165) is 0 Å². The minimum absolute atomic E-state index is 0.165. The fraction of sp³-hybridized carbons (Fsp3) is 0.385. The van der Waals surface area contributed by atoms with Gasteiger partial charge in [0.2, 0.25) is 5.91 Å². The van der Waals surface area contributed by atoms with Gasteiger partial charge in [-0.05, 0) is 37.1 Å². The molecule has 0 aliphatic heterocycles. The first-order valence-electron chi connectivity index (χ1n) is 5.83. The molecule has 0 saturated heterocycles. The fourth-order valence-corrected chi connectivity index (χ4v) is 2.32. The number of thiocarbonyl (C=S) groups is 1. The van der Waals surface area contributed by atoms with Crippen molar-refractivity contribution in [3.05, 3.63) is 29.3 Å². The number of rotatable bonds is 5. The van der Waals surface area contributed by atoms with Gasteiger partial charge in [0.15, 0.2) is 0 Å². The SMILES string of the molecule is CCC(CC)(C(=O)Nc1ccc(Cl)cc1)C(N)=S. The second kappa shape index (κ2) is 6.16. The van der Waals surface area contributed by atoms with Crippen LogP contribution in [0.15, 0.2) is 24.3 Å². The molecule has 0 saturated carbocycles. The molecule has 3 N–H and O–H groups in total. The average Bonchev–Trinajstić information content (AvgIpc) is 2.34. The Labute approximate surface area is 118 Å². The van der Waals surface area contributed by atoms with Gasteiger partial charge in [0.05, 0.1) is 10.4 Å². The maximum absolute atomic E-state index is 12.3. The molecule has 1 aromatic carbocycles. The van der Waals surface area contributed by atoms with Crippen LogP contribution in [0, 0.1) is 5.41 Å². The van der Waals surface area contributed by atoms with Crippen molar-refractivity contribution < 1.29 is 4.79 Å². The average molecular weight is 285 g/mol. The van der Waals surface area contributed by atoms with Crippen molar-refractivity contribution in [1.29, 1.82) is 0 Å². The van der Waals surface area contributed by atoms with E-state index in [0.29, 0.717) is 23.6 Å². The van der Waals surface area contributed by atoms with E-state index in [1.165, 1.54) is 0 Å². The van der Waals surface area contributed by atoms with Crippen LogP contribution >= 0.6 is 23.8 Å². The lowest BCUT2D eigenvalue weighted by Gasteiger charge is -2.28. The second-order valence-electron chi connectivity index (χ2n) is 4.11. The van der Waals surface area contributed by atoms with E-state index in [2.05, 4.69) is 5.32 Å². The lowest BCUT2D eigenvalue weighted by Crippen LogP contribution is -2.45. The summed E-state index contributed by atoms with van der Waals surface area (Å²) in [4.78, 5) is 12.5. The summed E-state index contributed by atoms with van der Waals surface area (Å²) in [5.74, 6) is -0.165. The number of hydrogen-bond donors (Lipinski definition) is 2. The summed E-state index contributed by atoms with van der Waals surface area (Å²) in [6, 6.07) is 6.93. The molecule has 0 atom stereocenters. The van der Waals surface area contributed by atoms with Gasteiger partial charge in [-0.1, -0.05) is 37.7 Å². The van der Waals surface area contributed by atoms with E-state index in [1.54, 1.807) is 24.3 Å². The minimum atomic E-state index is -0.783. The van der Waals surface area contributed by atoms with Crippen LogP contribution in [0.5, 0.6) is 0 Å². The van der Waals surface area contributed by atoms with Gasteiger partial charge >= 0.3 is 0 Å². The van der Waals surface area contributed by atoms with Crippen molar-refractivity contribution in [3.8, 4) is 0 Å². The first kappa shape index (κ1) is 14.9.